The fourth-order valence-corrected chi connectivity index (χ4v) is 0.555. The third-order valence-corrected chi connectivity index (χ3v) is 1.17. The van der Waals surface area contributed by atoms with E-state index in [4.69, 9.17) is 20.4 Å². The van der Waals surface area contributed by atoms with Gasteiger partial charge in [0.1, 0.15) is 0 Å². The lowest BCUT2D eigenvalue weighted by atomic mass is 10.2. The van der Waals surface area contributed by atoms with E-state index in [1.165, 1.54) is 6.08 Å². The highest BCUT2D eigenvalue weighted by molar-refractivity contribution is 5.29. The van der Waals surface area contributed by atoms with Crippen LogP contribution in [0.2, 0.25) is 0 Å². The Labute approximate surface area is 71.3 Å². The molecule has 64 valence electrons. The third kappa shape index (κ3) is 3.72. The highest BCUT2D eigenvalue weighted by Crippen LogP contribution is 1.99. The molecule has 0 aromatic heterocycles. The average molecular weight is 166 g/mol. The number of rotatable bonds is 4. The van der Waals surface area contributed by atoms with Crippen LogP contribution in [0.25, 0.3) is 0 Å². The van der Waals surface area contributed by atoms with Gasteiger partial charge in [-0.1, -0.05) is 0 Å². The summed E-state index contributed by atoms with van der Waals surface area (Å²) in [4.78, 5) is 0. The Morgan fingerprint density at radius 3 is 2.75 bits per heavy atom. The largest absolute Gasteiger partial charge is 0.378 e. The van der Waals surface area contributed by atoms with Gasteiger partial charge >= 0.3 is 0 Å². The SMILES string of the molecule is CCOCC=C(C#N)C(O)C#N. The summed E-state index contributed by atoms with van der Waals surface area (Å²) in [7, 11) is 0. The van der Waals surface area contributed by atoms with Crippen molar-refractivity contribution in [2.75, 3.05) is 13.2 Å². The zero-order valence-electron chi connectivity index (χ0n) is 6.82. The van der Waals surface area contributed by atoms with Gasteiger partial charge in [-0.25, -0.2) is 0 Å². The Kier molecular flexibility index (Phi) is 5.64. The fraction of sp³-hybridized carbons (Fsp3) is 0.500. The lowest BCUT2D eigenvalue weighted by molar-refractivity contribution is 0.175. The van der Waals surface area contributed by atoms with Gasteiger partial charge in [0.05, 0.1) is 24.3 Å². The van der Waals surface area contributed by atoms with Crippen LogP contribution in [0.3, 0.4) is 0 Å². The molecular weight excluding hydrogens is 156 g/mol. The summed E-state index contributed by atoms with van der Waals surface area (Å²) in [5, 5.41) is 25.6. The second-order valence-electron chi connectivity index (χ2n) is 1.96. The van der Waals surface area contributed by atoms with Crippen LogP contribution in [0.1, 0.15) is 6.92 Å². The minimum Gasteiger partial charge on any atom is -0.378 e. The Morgan fingerprint density at radius 2 is 2.33 bits per heavy atom. The first kappa shape index (κ1) is 10.6. The smallest absolute Gasteiger partial charge is 0.175 e. The molecule has 0 aliphatic heterocycles. The molecule has 0 saturated heterocycles. The van der Waals surface area contributed by atoms with Crippen LogP contribution in [-0.4, -0.2) is 24.4 Å². The van der Waals surface area contributed by atoms with Gasteiger partial charge in [0.15, 0.2) is 6.10 Å². The van der Waals surface area contributed by atoms with Crippen LogP contribution in [0.5, 0.6) is 0 Å². The molecule has 1 unspecified atom stereocenters. The van der Waals surface area contributed by atoms with Crippen molar-refractivity contribution in [3.05, 3.63) is 11.6 Å². The van der Waals surface area contributed by atoms with Gasteiger partial charge in [-0.3, -0.25) is 0 Å². The molecule has 0 amide bonds. The Morgan fingerprint density at radius 1 is 1.67 bits per heavy atom. The molecule has 12 heavy (non-hydrogen) atoms. The highest BCUT2D eigenvalue weighted by Gasteiger charge is 2.07. The van der Waals surface area contributed by atoms with Gasteiger partial charge in [0.2, 0.25) is 0 Å². The van der Waals surface area contributed by atoms with E-state index < -0.39 is 6.10 Å². The summed E-state index contributed by atoms with van der Waals surface area (Å²) in [5.41, 5.74) is 0.0333. The number of aliphatic hydroxyl groups excluding tert-OH is 1. The molecule has 0 aromatic carbocycles. The Balaban J connectivity index is 4.09. The number of aliphatic hydroxyl groups is 1. The van der Waals surface area contributed by atoms with Crippen LogP contribution in [0.15, 0.2) is 11.6 Å². The molecule has 0 spiro atoms. The monoisotopic (exact) mass is 166 g/mol. The summed E-state index contributed by atoms with van der Waals surface area (Å²) < 4.78 is 4.91. The van der Waals surface area contributed by atoms with Crippen molar-refractivity contribution in [1.29, 1.82) is 10.5 Å². The average Bonchev–Trinajstić information content (AvgIpc) is 2.11. The molecule has 0 aliphatic rings. The molecule has 0 rings (SSSR count). The fourth-order valence-electron chi connectivity index (χ4n) is 0.555. The number of nitriles is 2. The van der Waals surface area contributed by atoms with E-state index in [0.29, 0.717) is 6.61 Å². The molecule has 0 fully saturated rings. The number of ether oxygens (including phenoxy) is 1. The van der Waals surface area contributed by atoms with Gasteiger partial charge in [-0.05, 0) is 13.0 Å². The summed E-state index contributed by atoms with van der Waals surface area (Å²) in [6.07, 6.45) is 0.0626. The Hall–Kier alpha value is -1.36. The van der Waals surface area contributed by atoms with Gasteiger partial charge in [0, 0.05) is 6.61 Å². The third-order valence-electron chi connectivity index (χ3n) is 1.17. The molecule has 4 nitrogen and oxygen atoms in total. The summed E-state index contributed by atoms with van der Waals surface area (Å²) in [6.45, 7) is 2.61. The van der Waals surface area contributed by atoms with Crippen molar-refractivity contribution >= 4 is 0 Å². The predicted octanol–water partition coefficient (Wildman–Crippen LogP) is 0.357. The lowest BCUT2D eigenvalue weighted by Crippen LogP contribution is -2.06. The zero-order valence-corrected chi connectivity index (χ0v) is 6.82. The standard InChI is InChI=1S/C8H10N2O2/c1-2-12-4-3-7(5-9)8(11)6-10/h3,8,11H,2,4H2,1H3. The van der Waals surface area contributed by atoms with E-state index in [2.05, 4.69) is 0 Å². The molecule has 0 saturated carbocycles. The van der Waals surface area contributed by atoms with Crippen LogP contribution in [-0.2, 0) is 4.74 Å². The molecule has 0 aliphatic carbocycles. The van der Waals surface area contributed by atoms with E-state index in [9.17, 15) is 0 Å². The molecular formula is C8H10N2O2. The van der Waals surface area contributed by atoms with Crippen LogP contribution < -0.4 is 0 Å². The first-order chi connectivity index (χ1) is 5.76. The van der Waals surface area contributed by atoms with Crippen molar-refractivity contribution in [2.45, 2.75) is 13.0 Å². The zero-order chi connectivity index (χ0) is 9.40. The molecule has 0 aromatic rings. The van der Waals surface area contributed by atoms with E-state index >= 15 is 0 Å². The number of nitrogens with zero attached hydrogens (tertiary/aromatic N) is 2. The summed E-state index contributed by atoms with van der Waals surface area (Å²) in [6, 6.07) is 3.27. The van der Waals surface area contributed by atoms with Crippen molar-refractivity contribution in [3.8, 4) is 12.1 Å². The number of hydrogen-bond acceptors (Lipinski definition) is 4. The molecule has 1 atom stereocenters. The maximum Gasteiger partial charge on any atom is 0.175 e. The normalized spacial score (nSPS) is 13.2. The minimum absolute atomic E-state index is 0.0333. The molecule has 4 heteroatoms. The van der Waals surface area contributed by atoms with Gasteiger partial charge < -0.3 is 9.84 Å². The maximum atomic E-state index is 8.91. The Bertz CT molecular complexity index is 234. The van der Waals surface area contributed by atoms with Crippen molar-refractivity contribution in [1.82, 2.24) is 0 Å². The van der Waals surface area contributed by atoms with E-state index in [-0.39, 0.29) is 12.2 Å². The quantitative estimate of drug-likeness (QED) is 0.371. The van der Waals surface area contributed by atoms with Gasteiger partial charge in [-0.15, -0.1) is 0 Å². The summed E-state index contributed by atoms with van der Waals surface area (Å²) >= 11 is 0. The number of hydrogen-bond donors (Lipinski definition) is 1. The first-order valence-corrected chi connectivity index (χ1v) is 3.51. The van der Waals surface area contributed by atoms with E-state index in [0.717, 1.165) is 0 Å². The molecule has 0 heterocycles. The van der Waals surface area contributed by atoms with Crippen molar-refractivity contribution in [3.63, 3.8) is 0 Å². The van der Waals surface area contributed by atoms with Gasteiger partial charge in [-0.2, -0.15) is 10.5 Å². The minimum atomic E-state index is -1.34. The molecule has 0 radical (unpaired) electrons. The predicted molar refractivity (Wildman–Crippen MR) is 41.8 cm³/mol. The van der Waals surface area contributed by atoms with Crippen molar-refractivity contribution < 1.29 is 9.84 Å². The highest BCUT2D eigenvalue weighted by atomic mass is 16.5. The van der Waals surface area contributed by atoms with Crippen LogP contribution >= 0.6 is 0 Å². The van der Waals surface area contributed by atoms with Gasteiger partial charge in [0.25, 0.3) is 0 Å². The van der Waals surface area contributed by atoms with Crippen molar-refractivity contribution in [2.24, 2.45) is 0 Å². The second-order valence-corrected chi connectivity index (χ2v) is 1.96. The van der Waals surface area contributed by atoms with Crippen LogP contribution in [0.4, 0.5) is 0 Å². The van der Waals surface area contributed by atoms with Crippen LogP contribution in [0, 0.1) is 22.7 Å². The summed E-state index contributed by atoms with van der Waals surface area (Å²) in [5.74, 6) is 0. The lowest BCUT2D eigenvalue weighted by Gasteiger charge is -1.98. The first-order valence-electron chi connectivity index (χ1n) is 3.51. The van der Waals surface area contributed by atoms with E-state index in [1.807, 2.05) is 6.92 Å². The maximum absolute atomic E-state index is 8.91. The molecule has 0 bridgehead atoms. The second kappa shape index (κ2) is 6.36. The molecule has 1 N–H and O–H groups in total. The topological polar surface area (TPSA) is 77.0 Å². The van der Waals surface area contributed by atoms with E-state index in [1.54, 1.807) is 12.1 Å².